The van der Waals surface area contributed by atoms with Crippen LogP contribution >= 0.6 is 24.0 Å². The minimum absolute atomic E-state index is 0. The first-order valence-corrected chi connectivity index (χ1v) is 7.52. The van der Waals surface area contributed by atoms with Gasteiger partial charge in [0, 0.05) is 32.0 Å². The number of guanidine groups is 1. The molecule has 25 heavy (non-hydrogen) atoms. The van der Waals surface area contributed by atoms with Crippen LogP contribution in [0.25, 0.3) is 0 Å². The quantitative estimate of drug-likeness (QED) is 0.343. The summed E-state index contributed by atoms with van der Waals surface area (Å²) in [5.74, 6) is 0.554. The summed E-state index contributed by atoms with van der Waals surface area (Å²) in [7, 11) is 1.62. The molecule has 0 saturated heterocycles. The van der Waals surface area contributed by atoms with Gasteiger partial charge in [-0.2, -0.15) is 13.2 Å². The molecule has 1 atom stereocenters. The maximum absolute atomic E-state index is 12.1. The topological polar surface area (TPSA) is 67.8 Å². The molecule has 10 heteroatoms. The first-order chi connectivity index (χ1) is 11.3. The number of nitrogens with zero attached hydrogens (tertiary/aromatic N) is 2. The standard InChI is InChI=1S/C15H23F3N4O2.HI/c1-4-19-14(22-11(2)9-23-3)21-8-12-5-6-13(20-7-12)24-10-15(16,17)18;/h5-7,11H,4,8-10H2,1-3H3,(H2,19,21,22);1H. The summed E-state index contributed by atoms with van der Waals surface area (Å²) in [5.41, 5.74) is 0.756. The Labute approximate surface area is 162 Å². The Hall–Kier alpha value is -1.30. The van der Waals surface area contributed by atoms with E-state index in [-0.39, 0.29) is 35.9 Å². The van der Waals surface area contributed by atoms with Crippen LogP contribution in [-0.4, -0.2) is 50.0 Å². The number of hydrogen-bond donors (Lipinski definition) is 2. The zero-order valence-corrected chi connectivity index (χ0v) is 16.7. The highest BCUT2D eigenvalue weighted by Gasteiger charge is 2.28. The normalized spacial score (nSPS) is 13.0. The van der Waals surface area contributed by atoms with Gasteiger partial charge in [0.05, 0.1) is 13.2 Å². The van der Waals surface area contributed by atoms with E-state index in [9.17, 15) is 13.2 Å². The van der Waals surface area contributed by atoms with Crippen molar-refractivity contribution in [3.05, 3.63) is 23.9 Å². The van der Waals surface area contributed by atoms with Crippen LogP contribution in [0.5, 0.6) is 5.88 Å². The van der Waals surface area contributed by atoms with E-state index in [1.54, 1.807) is 13.2 Å². The monoisotopic (exact) mass is 476 g/mol. The highest BCUT2D eigenvalue weighted by molar-refractivity contribution is 14.0. The van der Waals surface area contributed by atoms with Gasteiger partial charge in [0.2, 0.25) is 5.88 Å². The molecule has 1 aromatic rings. The second kappa shape index (κ2) is 12.1. The van der Waals surface area contributed by atoms with Gasteiger partial charge >= 0.3 is 6.18 Å². The summed E-state index contributed by atoms with van der Waals surface area (Å²) >= 11 is 0. The van der Waals surface area contributed by atoms with Crippen LogP contribution in [0.15, 0.2) is 23.3 Å². The second-order valence-electron chi connectivity index (χ2n) is 5.10. The van der Waals surface area contributed by atoms with Gasteiger partial charge in [0.1, 0.15) is 0 Å². The number of aliphatic imine (C=N–C) groups is 1. The number of rotatable bonds is 8. The Morgan fingerprint density at radius 3 is 2.60 bits per heavy atom. The Kier molecular flexibility index (Phi) is 11.5. The molecule has 1 aromatic heterocycles. The molecule has 1 rings (SSSR count). The molecule has 0 aliphatic heterocycles. The summed E-state index contributed by atoms with van der Waals surface area (Å²) in [5, 5.41) is 6.28. The fourth-order valence-electron chi connectivity index (χ4n) is 1.76. The number of ether oxygens (including phenoxy) is 2. The van der Waals surface area contributed by atoms with Crippen molar-refractivity contribution in [3.8, 4) is 5.88 Å². The molecule has 1 heterocycles. The van der Waals surface area contributed by atoms with Gasteiger partial charge in [0.25, 0.3) is 0 Å². The molecule has 0 saturated carbocycles. The predicted molar refractivity (Wildman–Crippen MR) is 100 cm³/mol. The van der Waals surface area contributed by atoms with Gasteiger partial charge in [-0.05, 0) is 19.4 Å². The minimum Gasteiger partial charge on any atom is -0.468 e. The van der Waals surface area contributed by atoms with Crippen LogP contribution in [0.1, 0.15) is 19.4 Å². The maximum Gasteiger partial charge on any atom is 0.422 e. The van der Waals surface area contributed by atoms with E-state index < -0.39 is 12.8 Å². The molecule has 144 valence electrons. The van der Waals surface area contributed by atoms with Crippen LogP contribution in [0.4, 0.5) is 13.2 Å². The Morgan fingerprint density at radius 1 is 1.36 bits per heavy atom. The Morgan fingerprint density at radius 2 is 2.08 bits per heavy atom. The second-order valence-corrected chi connectivity index (χ2v) is 5.10. The Bertz CT molecular complexity index is 512. The lowest BCUT2D eigenvalue weighted by Crippen LogP contribution is -2.43. The molecule has 0 fully saturated rings. The molecule has 0 aromatic carbocycles. The molecular formula is C15H24F3IN4O2. The highest BCUT2D eigenvalue weighted by atomic mass is 127. The number of methoxy groups -OCH3 is 1. The third-order valence-electron chi connectivity index (χ3n) is 2.75. The van der Waals surface area contributed by atoms with Gasteiger partial charge in [-0.15, -0.1) is 24.0 Å². The van der Waals surface area contributed by atoms with Gasteiger partial charge < -0.3 is 20.1 Å². The van der Waals surface area contributed by atoms with Crippen LogP contribution < -0.4 is 15.4 Å². The van der Waals surface area contributed by atoms with Crippen molar-refractivity contribution in [1.29, 1.82) is 0 Å². The lowest BCUT2D eigenvalue weighted by Gasteiger charge is -2.17. The average Bonchev–Trinajstić information content (AvgIpc) is 2.51. The largest absolute Gasteiger partial charge is 0.468 e. The summed E-state index contributed by atoms with van der Waals surface area (Å²) in [4.78, 5) is 8.24. The summed E-state index contributed by atoms with van der Waals surface area (Å²) in [6.07, 6.45) is -2.94. The highest BCUT2D eigenvalue weighted by Crippen LogP contribution is 2.17. The zero-order chi connectivity index (χ0) is 18.0. The van der Waals surface area contributed by atoms with E-state index in [1.807, 2.05) is 13.8 Å². The van der Waals surface area contributed by atoms with Gasteiger partial charge in [-0.3, -0.25) is 0 Å². The van der Waals surface area contributed by atoms with Gasteiger partial charge in [-0.1, -0.05) is 6.07 Å². The van der Waals surface area contributed by atoms with Gasteiger partial charge in [0.15, 0.2) is 12.6 Å². The van der Waals surface area contributed by atoms with E-state index >= 15 is 0 Å². The van der Waals surface area contributed by atoms with Gasteiger partial charge in [-0.25, -0.2) is 9.98 Å². The van der Waals surface area contributed by atoms with Crippen LogP contribution in [0.2, 0.25) is 0 Å². The van der Waals surface area contributed by atoms with Crippen LogP contribution in [-0.2, 0) is 11.3 Å². The lowest BCUT2D eigenvalue weighted by molar-refractivity contribution is -0.154. The maximum atomic E-state index is 12.1. The molecule has 6 nitrogen and oxygen atoms in total. The van der Waals surface area contributed by atoms with Crippen molar-refractivity contribution < 1.29 is 22.6 Å². The molecular weight excluding hydrogens is 452 g/mol. The van der Waals surface area contributed by atoms with Crippen LogP contribution in [0.3, 0.4) is 0 Å². The number of pyridine rings is 1. The van der Waals surface area contributed by atoms with Crippen molar-refractivity contribution in [3.63, 3.8) is 0 Å². The SMILES string of the molecule is CCNC(=NCc1ccc(OCC(F)(F)F)nc1)NC(C)COC.I. The van der Waals surface area contributed by atoms with Crippen molar-refractivity contribution in [1.82, 2.24) is 15.6 Å². The van der Waals surface area contributed by atoms with Crippen LogP contribution in [0, 0.1) is 0 Å². The summed E-state index contributed by atoms with van der Waals surface area (Å²) in [6.45, 7) is 4.13. The first kappa shape index (κ1) is 23.7. The molecule has 0 aliphatic rings. The molecule has 2 N–H and O–H groups in total. The third kappa shape index (κ3) is 11.0. The number of halogens is 4. The molecule has 0 bridgehead atoms. The smallest absolute Gasteiger partial charge is 0.422 e. The zero-order valence-electron chi connectivity index (χ0n) is 14.4. The fourth-order valence-corrected chi connectivity index (χ4v) is 1.76. The molecule has 0 aliphatic carbocycles. The first-order valence-electron chi connectivity index (χ1n) is 7.52. The molecule has 1 unspecified atom stereocenters. The lowest BCUT2D eigenvalue weighted by atomic mass is 10.3. The van der Waals surface area contributed by atoms with Crippen molar-refractivity contribution in [2.75, 3.05) is 26.9 Å². The fraction of sp³-hybridized carbons (Fsp3) is 0.600. The predicted octanol–water partition coefficient (Wildman–Crippen LogP) is 2.73. The molecule has 0 amide bonds. The van der Waals surface area contributed by atoms with E-state index in [0.29, 0.717) is 25.7 Å². The number of hydrogen-bond acceptors (Lipinski definition) is 4. The van der Waals surface area contributed by atoms with Crippen molar-refractivity contribution in [2.24, 2.45) is 4.99 Å². The minimum atomic E-state index is -4.38. The molecule has 0 radical (unpaired) electrons. The van der Waals surface area contributed by atoms with E-state index in [2.05, 4.69) is 25.3 Å². The number of aromatic nitrogens is 1. The van der Waals surface area contributed by atoms with E-state index in [0.717, 1.165) is 5.56 Å². The van der Waals surface area contributed by atoms with Crippen molar-refractivity contribution in [2.45, 2.75) is 32.6 Å². The summed E-state index contributed by atoms with van der Waals surface area (Å²) in [6, 6.07) is 3.11. The number of nitrogens with one attached hydrogen (secondary N) is 2. The Balaban J connectivity index is 0.00000576. The molecule has 0 spiro atoms. The van der Waals surface area contributed by atoms with Crippen molar-refractivity contribution >= 4 is 29.9 Å². The van der Waals surface area contributed by atoms with E-state index in [1.165, 1.54) is 12.3 Å². The average molecular weight is 476 g/mol. The number of alkyl halides is 3. The van der Waals surface area contributed by atoms with E-state index in [4.69, 9.17) is 4.74 Å². The third-order valence-corrected chi connectivity index (χ3v) is 2.75. The summed E-state index contributed by atoms with van der Waals surface area (Å²) < 4.78 is 45.8.